The Morgan fingerprint density at radius 3 is 3.00 bits per heavy atom. The Balaban J connectivity index is 1.60. The summed E-state index contributed by atoms with van der Waals surface area (Å²) >= 11 is 1.50. The van der Waals surface area contributed by atoms with Gasteiger partial charge in [-0.25, -0.2) is 4.79 Å². The van der Waals surface area contributed by atoms with Crippen molar-refractivity contribution < 1.29 is 19.2 Å². The van der Waals surface area contributed by atoms with Crippen LogP contribution in [0.1, 0.15) is 31.6 Å². The molecule has 0 radical (unpaired) electrons. The first-order valence-corrected chi connectivity index (χ1v) is 7.31. The van der Waals surface area contributed by atoms with Gasteiger partial charge in [0.05, 0.1) is 4.88 Å². The summed E-state index contributed by atoms with van der Waals surface area (Å²) in [6.07, 6.45) is 2.59. The molecule has 20 heavy (non-hydrogen) atoms. The number of ether oxygens (including phenoxy) is 1. The molecular weight excluding hydrogens is 280 g/mol. The zero-order valence-electron chi connectivity index (χ0n) is 10.7. The first-order chi connectivity index (χ1) is 9.67. The van der Waals surface area contributed by atoms with Crippen molar-refractivity contribution in [2.45, 2.75) is 37.9 Å². The van der Waals surface area contributed by atoms with Gasteiger partial charge in [-0.15, -0.1) is 11.3 Å². The molecule has 0 amide bonds. The predicted molar refractivity (Wildman–Crippen MR) is 70.8 cm³/mol. The van der Waals surface area contributed by atoms with Crippen molar-refractivity contribution in [2.24, 2.45) is 0 Å². The van der Waals surface area contributed by atoms with Crippen LogP contribution in [0, 0.1) is 0 Å². The van der Waals surface area contributed by atoms with E-state index in [4.69, 9.17) is 9.26 Å². The van der Waals surface area contributed by atoms with Crippen molar-refractivity contribution in [3.63, 3.8) is 0 Å². The van der Waals surface area contributed by atoms with Crippen molar-refractivity contribution in [2.75, 3.05) is 0 Å². The van der Waals surface area contributed by atoms with E-state index in [2.05, 4.69) is 10.1 Å². The third-order valence-corrected chi connectivity index (χ3v) is 4.21. The lowest BCUT2D eigenvalue weighted by molar-refractivity contribution is -0.167. The second-order valence-electron chi connectivity index (χ2n) is 4.80. The lowest BCUT2D eigenvalue weighted by Gasteiger charge is -2.18. The molecule has 1 aliphatic rings. The first kappa shape index (κ1) is 13.3. The van der Waals surface area contributed by atoms with Gasteiger partial charge in [-0.1, -0.05) is 11.2 Å². The average molecular weight is 294 g/mol. The fraction of sp³-hybridized carbons (Fsp3) is 0.462. The third kappa shape index (κ3) is 2.59. The van der Waals surface area contributed by atoms with Crippen molar-refractivity contribution in [1.82, 2.24) is 10.1 Å². The fourth-order valence-electron chi connectivity index (χ4n) is 2.25. The van der Waals surface area contributed by atoms with Gasteiger partial charge in [-0.05, 0) is 37.1 Å². The van der Waals surface area contributed by atoms with Crippen LogP contribution in [0.3, 0.4) is 0 Å². The smallest absolute Gasteiger partial charge is 0.338 e. The summed E-state index contributed by atoms with van der Waals surface area (Å²) < 4.78 is 10.1. The Labute approximate surface area is 119 Å². The standard InChI is InChI=1S/C13H14N2O4S/c16-12(13(17)5-1-2-6-13)18-8-10-14-11(15-19-10)9-4-3-7-20-9/h3-4,7,17H,1-2,5-6,8H2. The summed E-state index contributed by atoms with van der Waals surface area (Å²) in [5.41, 5.74) is -1.34. The van der Waals surface area contributed by atoms with Gasteiger partial charge in [0, 0.05) is 0 Å². The number of carbonyl (C=O) groups excluding carboxylic acids is 1. The highest BCUT2D eigenvalue weighted by Gasteiger charge is 2.40. The van der Waals surface area contributed by atoms with E-state index in [1.165, 1.54) is 11.3 Å². The van der Waals surface area contributed by atoms with Crippen LogP contribution in [-0.2, 0) is 16.1 Å². The highest BCUT2D eigenvalue weighted by atomic mass is 32.1. The van der Waals surface area contributed by atoms with Gasteiger partial charge in [0.2, 0.25) is 5.82 Å². The lowest BCUT2D eigenvalue weighted by atomic mass is 10.0. The molecule has 6 nitrogen and oxygen atoms in total. The minimum Gasteiger partial charge on any atom is -0.453 e. The van der Waals surface area contributed by atoms with E-state index in [9.17, 15) is 9.90 Å². The highest BCUT2D eigenvalue weighted by Crippen LogP contribution is 2.30. The molecule has 0 atom stereocenters. The minimum atomic E-state index is -1.34. The van der Waals surface area contributed by atoms with Gasteiger partial charge < -0.3 is 14.4 Å². The molecular formula is C13H14N2O4S. The molecule has 0 bridgehead atoms. The summed E-state index contributed by atoms with van der Waals surface area (Å²) in [6.45, 7) is -0.112. The minimum absolute atomic E-state index is 0.112. The molecule has 2 heterocycles. The van der Waals surface area contributed by atoms with Gasteiger partial charge >= 0.3 is 5.97 Å². The predicted octanol–water partition coefficient (Wildman–Crippen LogP) is 2.15. The summed E-state index contributed by atoms with van der Waals surface area (Å²) in [7, 11) is 0. The maximum atomic E-state index is 11.8. The summed E-state index contributed by atoms with van der Waals surface area (Å²) in [5.74, 6) is 0.0971. The maximum absolute atomic E-state index is 11.8. The molecule has 1 N–H and O–H groups in total. The fourth-order valence-corrected chi connectivity index (χ4v) is 2.89. The van der Waals surface area contributed by atoms with Crippen molar-refractivity contribution in [3.05, 3.63) is 23.4 Å². The van der Waals surface area contributed by atoms with Crippen LogP contribution in [0.4, 0.5) is 0 Å². The van der Waals surface area contributed by atoms with Crippen LogP contribution in [0.15, 0.2) is 22.0 Å². The molecule has 1 fully saturated rings. The molecule has 106 valence electrons. The van der Waals surface area contributed by atoms with E-state index in [0.717, 1.165) is 17.7 Å². The Hall–Kier alpha value is -1.73. The SMILES string of the molecule is O=C(OCc1nc(-c2cccs2)no1)C1(O)CCCC1. The molecule has 2 aromatic heterocycles. The Morgan fingerprint density at radius 1 is 1.50 bits per heavy atom. The van der Waals surface area contributed by atoms with Gasteiger partial charge in [0.1, 0.15) is 0 Å². The number of esters is 1. The van der Waals surface area contributed by atoms with Gasteiger partial charge in [0.15, 0.2) is 12.2 Å². The van der Waals surface area contributed by atoms with E-state index in [-0.39, 0.29) is 12.5 Å². The quantitative estimate of drug-likeness (QED) is 0.870. The number of aromatic nitrogens is 2. The molecule has 0 unspecified atom stereocenters. The molecule has 7 heteroatoms. The Morgan fingerprint density at radius 2 is 2.30 bits per heavy atom. The normalized spacial score (nSPS) is 17.2. The molecule has 0 aliphatic heterocycles. The van der Waals surface area contributed by atoms with Gasteiger partial charge in [-0.2, -0.15) is 4.98 Å². The van der Waals surface area contributed by atoms with Crippen LogP contribution >= 0.6 is 11.3 Å². The molecule has 0 aromatic carbocycles. The molecule has 1 saturated carbocycles. The van der Waals surface area contributed by atoms with Crippen LogP contribution < -0.4 is 0 Å². The Kier molecular flexibility index (Phi) is 3.54. The van der Waals surface area contributed by atoms with E-state index in [0.29, 0.717) is 18.7 Å². The number of aliphatic hydroxyl groups is 1. The van der Waals surface area contributed by atoms with Crippen LogP contribution in [0.5, 0.6) is 0 Å². The van der Waals surface area contributed by atoms with Crippen molar-refractivity contribution in [1.29, 1.82) is 0 Å². The second kappa shape index (κ2) is 5.34. The van der Waals surface area contributed by atoms with Crippen molar-refractivity contribution in [3.8, 4) is 10.7 Å². The Bertz CT molecular complexity index is 587. The molecule has 0 spiro atoms. The monoisotopic (exact) mass is 294 g/mol. The summed E-state index contributed by atoms with van der Waals surface area (Å²) in [4.78, 5) is 16.9. The van der Waals surface area contributed by atoms with Crippen LogP contribution in [-0.4, -0.2) is 26.8 Å². The maximum Gasteiger partial charge on any atom is 0.338 e. The lowest BCUT2D eigenvalue weighted by Crippen LogP contribution is -2.36. The summed E-state index contributed by atoms with van der Waals surface area (Å²) in [6, 6.07) is 3.78. The zero-order chi connectivity index (χ0) is 14.0. The van der Waals surface area contributed by atoms with E-state index >= 15 is 0 Å². The first-order valence-electron chi connectivity index (χ1n) is 6.43. The number of nitrogens with zero attached hydrogens (tertiary/aromatic N) is 2. The van der Waals surface area contributed by atoms with Crippen molar-refractivity contribution >= 4 is 17.3 Å². The van der Waals surface area contributed by atoms with E-state index in [1.54, 1.807) is 0 Å². The van der Waals surface area contributed by atoms with Crippen LogP contribution in [0.2, 0.25) is 0 Å². The molecule has 2 aromatic rings. The number of rotatable bonds is 4. The topological polar surface area (TPSA) is 85.5 Å². The van der Waals surface area contributed by atoms with Gasteiger partial charge in [-0.3, -0.25) is 0 Å². The zero-order valence-corrected chi connectivity index (χ0v) is 11.6. The molecule has 0 saturated heterocycles. The van der Waals surface area contributed by atoms with E-state index < -0.39 is 11.6 Å². The number of carbonyl (C=O) groups is 1. The van der Waals surface area contributed by atoms with E-state index in [1.807, 2.05) is 17.5 Å². The molecule has 1 aliphatic carbocycles. The average Bonchev–Trinajstić information content (AvgIpc) is 3.17. The number of hydrogen-bond donors (Lipinski definition) is 1. The van der Waals surface area contributed by atoms with Crippen LogP contribution in [0.25, 0.3) is 10.7 Å². The largest absolute Gasteiger partial charge is 0.453 e. The molecule has 3 rings (SSSR count). The summed E-state index contributed by atoms with van der Waals surface area (Å²) in [5, 5.41) is 15.8. The van der Waals surface area contributed by atoms with Gasteiger partial charge in [0.25, 0.3) is 5.89 Å². The second-order valence-corrected chi connectivity index (χ2v) is 5.75. The number of hydrogen-bond acceptors (Lipinski definition) is 7. The highest BCUT2D eigenvalue weighted by molar-refractivity contribution is 7.13. The third-order valence-electron chi connectivity index (χ3n) is 3.35. The number of thiophene rings is 1.